The molecule has 1 atom stereocenters. The molecule has 0 aliphatic carbocycles. The molecular formula is C15H18N4O. The third-order valence-corrected chi connectivity index (χ3v) is 3.89. The lowest BCUT2D eigenvalue weighted by Gasteiger charge is -2.32. The van der Waals surface area contributed by atoms with Crippen molar-refractivity contribution in [1.82, 2.24) is 15.2 Å². The second-order valence-corrected chi connectivity index (χ2v) is 5.15. The second kappa shape index (κ2) is 5.09. The molecule has 0 spiro atoms. The highest BCUT2D eigenvalue weighted by atomic mass is 16.2. The van der Waals surface area contributed by atoms with Crippen LogP contribution in [0.5, 0.6) is 0 Å². The monoisotopic (exact) mass is 270 g/mol. The van der Waals surface area contributed by atoms with Gasteiger partial charge in [-0.1, -0.05) is 6.07 Å². The predicted molar refractivity (Wildman–Crippen MR) is 79.0 cm³/mol. The third kappa shape index (κ3) is 2.20. The molecule has 1 amide bonds. The lowest BCUT2D eigenvalue weighted by Crippen LogP contribution is -2.53. The number of carbonyl (C=O) groups excluding carboxylic acids is 1. The number of anilines is 1. The number of rotatable bonds is 2. The van der Waals surface area contributed by atoms with Crippen molar-refractivity contribution in [1.29, 1.82) is 0 Å². The number of piperazine rings is 1. The Bertz CT molecular complexity index is 655. The molecule has 1 aliphatic rings. The Balaban J connectivity index is 1.95. The first-order valence-electron chi connectivity index (χ1n) is 6.80. The van der Waals surface area contributed by atoms with Crippen LogP contribution in [0.4, 0.5) is 5.69 Å². The van der Waals surface area contributed by atoms with Gasteiger partial charge in [0.25, 0.3) is 0 Å². The van der Waals surface area contributed by atoms with Crippen LogP contribution in [0.3, 0.4) is 0 Å². The molecule has 5 nitrogen and oxygen atoms in total. The largest absolute Gasteiger partial charge is 0.398 e. The Morgan fingerprint density at radius 3 is 3.15 bits per heavy atom. The van der Waals surface area contributed by atoms with Crippen LogP contribution in [-0.4, -0.2) is 34.9 Å². The number of fused-ring (bicyclic) bond motifs is 1. The molecule has 20 heavy (non-hydrogen) atoms. The summed E-state index contributed by atoms with van der Waals surface area (Å²) in [5.74, 6) is 0.0870. The predicted octanol–water partition coefficient (Wildman–Crippen LogP) is 1.14. The van der Waals surface area contributed by atoms with E-state index in [2.05, 4.69) is 15.2 Å². The zero-order valence-electron chi connectivity index (χ0n) is 11.5. The van der Waals surface area contributed by atoms with Gasteiger partial charge >= 0.3 is 0 Å². The fourth-order valence-corrected chi connectivity index (χ4v) is 2.65. The van der Waals surface area contributed by atoms with E-state index in [9.17, 15) is 4.79 Å². The molecule has 2 aromatic rings. The van der Waals surface area contributed by atoms with Gasteiger partial charge in [-0.25, -0.2) is 0 Å². The zero-order valence-corrected chi connectivity index (χ0v) is 11.5. The molecule has 5 heteroatoms. The van der Waals surface area contributed by atoms with Gasteiger partial charge in [0, 0.05) is 36.9 Å². The molecule has 0 radical (unpaired) electrons. The Kier molecular flexibility index (Phi) is 3.28. The summed E-state index contributed by atoms with van der Waals surface area (Å²) in [4.78, 5) is 18.3. The van der Waals surface area contributed by atoms with Crippen LogP contribution in [-0.2, 0) is 11.3 Å². The number of carbonyl (C=O) groups is 1. The summed E-state index contributed by atoms with van der Waals surface area (Å²) in [6.45, 7) is 4.19. The topological polar surface area (TPSA) is 71.2 Å². The molecule has 1 aliphatic heterocycles. The van der Waals surface area contributed by atoms with Gasteiger partial charge in [0.1, 0.15) is 0 Å². The van der Waals surface area contributed by atoms with E-state index in [0.29, 0.717) is 13.1 Å². The average molecular weight is 270 g/mol. The van der Waals surface area contributed by atoms with E-state index in [1.807, 2.05) is 31.2 Å². The van der Waals surface area contributed by atoms with E-state index in [1.165, 1.54) is 0 Å². The number of nitrogens with two attached hydrogens (primary N) is 1. The summed E-state index contributed by atoms with van der Waals surface area (Å²) in [5.41, 5.74) is 8.76. The van der Waals surface area contributed by atoms with Crippen LogP contribution in [0.1, 0.15) is 12.5 Å². The summed E-state index contributed by atoms with van der Waals surface area (Å²) in [7, 11) is 0. The second-order valence-electron chi connectivity index (χ2n) is 5.15. The maximum atomic E-state index is 11.7. The summed E-state index contributed by atoms with van der Waals surface area (Å²) < 4.78 is 0. The van der Waals surface area contributed by atoms with Gasteiger partial charge in [-0.2, -0.15) is 0 Å². The summed E-state index contributed by atoms with van der Waals surface area (Å²) in [5, 5.41) is 3.85. The van der Waals surface area contributed by atoms with Crippen LogP contribution in [0.2, 0.25) is 0 Å². The van der Waals surface area contributed by atoms with E-state index in [1.54, 1.807) is 6.20 Å². The highest BCUT2D eigenvalue weighted by molar-refractivity contribution is 5.92. The van der Waals surface area contributed by atoms with E-state index in [-0.39, 0.29) is 11.9 Å². The number of pyridine rings is 1. The van der Waals surface area contributed by atoms with Crippen LogP contribution >= 0.6 is 0 Å². The fourth-order valence-electron chi connectivity index (χ4n) is 2.65. The molecule has 3 rings (SSSR count). The van der Waals surface area contributed by atoms with Crippen molar-refractivity contribution in [2.75, 3.05) is 18.8 Å². The van der Waals surface area contributed by atoms with Crippen molar-refractivity contribution in [2.24, 2.45) is 0 Å². The molecule has 0 bridgehead atoms. The summed E-state index contributed by atoms with van der Waals surface area (Å²) in [6, 6.07) is 7.67. The van der Waals surface area contributed by atoms with Crippen molar-refractivity contribution in [3.8, 4) is 0 Å². The molecule has 104 valence electrons. The van der Waals surface area contributed by atoms with Gasteiger partial charge in [-0.05, 0) is 30.7 Å². The number of benzene rings is 1. The van der Waals surface area contributed by atoms with Crippen molar-refractivity contribution in [2.45, 2.75) is 19.5 Å². The van der Waals surface area contributed by atoms with Crippen LogP contribution in [0.25, 0.3) is 10.9 Å². The first-order valence-corrected chi connectivity index (χ1v) is 6.80. The molecule has 1 fully saturated rings. The molecule has 1 aromatic heterocycles. The highest BCUT2D eigenvalue weighted by Gasteiger charge is 2.25. The average Bonchev–Trinajstić information content (AvgIpc) is 2.47. The van der Waals surface area contributed by atoms with Gasteiger partial charge in [0.2, 0.25) is 5.91 Å². The van der Waals surface area contributed by atoms with E-state index in [4.69, 9.17) is 5.73 Å². The summed E-state index contributed by atoms with van der Waals surface area (Å²) in [6.07, 6.45) is 1.78. The Morgan fingerprint density at radius 2 is 2.30 bits per heavy atom. The number of nitrogen functional groups attached to an aromatic ring is 1. The van der Waals surface area contributed by atoms with Crippen LogP contribution in [0.15, 0.2) is 30.5 Å². The van der Waals surface area contributed by atoms with Crippen molar-refractivity contribution < 1.29 is 4.79 Å². The van der Waals surface area contributed by atoms with Gasteiger partial charge in [-0.3, -0.25) is 14.7 Å². The number of nitrogens with zero attached hydrogens (tertiary/aromatic N) is 2. The van der Waals surface area contributed by atoms with E-state index >= 15 is 0 Å². The smallest absolute Gasteiger partial charge is 0.237 e. The zero-order chi connectivity index (χ0) is 14.1. The first kappa shape index (κ1) is 12.9. The third-order valence-electron chi connectivity index (χ3n) is 3.89. The molecule has 1 aromatic carbocycles. The van der Waals surface area contributed by atoms with Gasteiger partial charge in [-0.15, -0.1) is 0 Å². The number of amides is 1. The van der Waals surface area contributed by atoms with Crippen molar-refractivity contribution in [3.05, 3.63) is 36.0 Å². The SMILES string of the molecule is CC1C(=O)NCCN1Cc1ccc(N)c2cccnc12. The van der Waals surface area contributed by atoms with Gasteiger partial charge in [0.05, 0.1) is 11.6 Å². The minimum atomic E-state index is -0.111. The minimum Gasteiger partial charge on any atom is -0.398 e. The molecule has 1 unspecified atom stereocenters. The minimum absolute atomic E-state index is 0.0870. The normalized spacial score (nSPS) is 20.1. The van der Waals surface area contributed by atoms with Crippen LogP contribution < -0.4 is 11.1 Å². The standard InChI is InChI=1S/C15H18N4O/c1-10-15(20)18-7-8-19(10)9-11-4-5-13(16)12-3-2-6-17-14(11)12/h2-6,10H,7-9,16H2,1H3,(H,18,20). The number of hydrogen-bond donors (Lipinski definition) is 2. The highest BCUT2D eigenvalue weighted by Crippen LogP contribution is 2.24. The number of aromatic nitrogens is 1. The molecular weight excluding hydrogens is 252 g/mol. The molecule has 3 N–H and O–H groups in total. The fraction of sp³-hybridized carbons (Fsp3) is 0.333. The van der Waals surface area contributed by atoms with E-state index < -0.39 is 0 Å². The summed E-state index contributed by atoms with van der Waals surface area (Å²) >= 11 is 0. The van der Waals surface area contributed by atoms with Gasteiger partial charge in [0.15, 0.2) is 0 Å². The number of nitrogens with one attached hydrogen (secondary N) is 1. The Hall–Kier alpha value is -2.14. The van der Waals surface area contributed by atoms with Crippen molar-refractivity contribution in [3.63, 3.8) is 0 Å². The Labute approximate surface area is 117 Å². The van der Waals surface area contributed by atoms with Crippen LogP contribution in [0, 0.1) is 0 Å². The molecule has 0 saturated carbocycles. The maximum absolute atomic E-state index is 11.7. The first-order chi connectivity index (χ1) is 9.66. The van der Waals surface area contributed by atoms with Gasteiger partial charge < -0.3 is 11.1 Å². The quantitative estimate of drug-likeness (QED) is 0.803. The maximum Gasteiger partial charge on any atom is 0.237 e. The molecule has 2 heterocycles. The van der Waals surface area contributed by atoms with Crippen molar-refractivity contribution >= 4 is 22.5 Å². The van der Waals surface area contributed by atoms with E-state index in [0.717, 1.165) is 28.7 Å². The lowest BCUT2D eigenvalue weighted by atomic mass is 10.1. The molecule has 1 saturated heterocycles. The Morgan fingerprint density at radius 1 is 1.45 bits per heavy atom. The number of hydrogen-bond acceptors (Lipinski definition) is 4. The lowest BCUT2D eigenvalue weighted by molar-refractivity contribution is -0.128.